The van der Waals surface area contributed by atoms with E-state index in [1.807, 2.05) is 6.92 Å². The zero-order chi connectivity index (χ0) is 18.0. The lowest BCUT2D eigenvalue weighted by Gasteiger charge is -2.15. The fourth-order valence-corrected chi connectivity index (χ4v) is 2.43. The molecule has 1 atom stereocenters. The summed E-state index contributed by atoms with van der Waals surface area (Å²) in [5.74, 6) is -0.640. The second-order valence-corrected chi connectivity index (χ2v) is 5.64. The van der Waals surface area contributed by atoms with Crippen LogP contribution in [-0.4, -0.2) is 12.0 Å². The van der Waals surface area contributed by atoms with Crippen molar-refractivity contribution in [2.45, 2.75) is 20.0 Å². The molecule has 2 aromatic carbocycles. The maximum Gasteiger partial charge on any atom is 0.336 e. The number of amides is 1. The molecule has 3 aromatic rings. The van der Waals surface area contributed by atoms with Crippen LogP contribution in [0.25, 0.3) is 11.0 Å². The minimum absolute atomic E-state index is 0.0862. The topological polar surface area (TPSA) is 68.5 Å². The molecule has 0 aliphatic rings. The summed E-state index contributed by atoms with van der Waals surface area (Å²) in [5.41, 5.74) is 0.808. The number of rotatable bonds is 4. The number of fused-ring (bicyclic) bond motifs is 1. The highest BCUT2D eigenvalue weighted by molar-refractivity contribution is 5.94. The van der Waals surface area contributed by atoms with Gasteiger partial charge in [-0.15, -0.1) is 0 Å². The van der Waals surface area contributed by atoms with Gasteiger partial charge in [0.05, 0.1) is 5.69 Å². The second kappa shape index (κ2) is 6.76. The van der Waals surface area contributed by atoms with Gasteiger partial charge < -0.3 is 14.5 Å². The fourth-order valence-electron chi connectivity index (χ4n) is 2.43. The zero-order valence-electron chi connectivity index (χ0n) is 13.7. The van der Waals surface area contributed by atoms with Crippen LogP contribution in [0.4, 0.5) is 10.1 Å². The van der Waals surface area contributed by atoms with E-state index in [2.05, 4.69) is 5.32 Å². The summed E-state index contributed by atoms with van der Waals surface area (Å²) in [6, 6.07) is 12.3. The monoisotopic (exact) mass is 341 g/mol. The van der Waals surface area contributed by atoms with E-state index in [1.165, 1.54) is 24.3 Å². The number of benzene rings is 2. The van der Waals surface area contributed by atoms with Gasteiger partial charge in [-0.25, -0.2) is 9.18 Å². The van der Waals surface area contributed by atoms with E-state index in [1.54, 1.807) is 31.2 Å². The molecule has 0 bridgehead atoms. The SMILES string of the molecule is Cc1cc(=O)oc2cc(O[C@H](C)C(=O)Nc3ccccc3F)ccc12. The zero-order valence-corrected chi connectivity index (χ0v) is 13.7. The Hall–Kier alpha value is -3.15. The van der Waals surface area contributed by atoms with Crippen LogP contribution in [-0.2, 0) is 4.79 Å². The summed E-state index contributed by atoms with van der Waals surface area (Å²) in [7, 11) is 0. The molecule has 3 rings (SSSR count). The van der Waals surface area contributed by atoms with Crippen molar-refractivity contribution in [3.05, 3.63) is 70.3 Å². The van der Waals surface area contributed by atoms with E-state index < -0.39 is 23.5 Å². The molecule has 25 heavy (non-hydrogen) atoms. The molecule has 1 heterocycles. The predicted octanol–water partition coefficient (Wildman–Crippen LogP) is 3.65. The number of para-hydroxylation sites is 1. The summed E-state index contributed by atoms with van der Waals surface area (Å²) < 4.78 is 24.3. The Morgan fingerprint density at radius 3 is 2.72 bits per heavy atom. The molecule has 6 heteroatoms. The first kappa shape index (κ1) is 16.7. The van der Waals surface area contributed by atoms with Gasteiger partial charge in [-0.05, 0) is 43.7 Å². The number of hydrogen-bond acceptors (Lipinski definition) is 4. The first-order valence-corrected chi connectivity index (χ1v) is 7.70. The average Bonchev–Trinajstić information content (AvgIpc) is 2.56. The molecule has 0 aliphatic heterocycles. The summed E-state index contributed by atoms with van der Waals surface area (Å²) in [5, 5.41) is 3.26. The van der Waals surface area contributed by atoms with E-state index >= 15 is 0 Å². The normalized spacial score (nSPS) is 12.0. The molecule has 0 fully saturated rings. The number of hydrogen-bond donors (Lipinski definition) is 1. The molecule has 0 aliphatic carbocycles. The van der Waals surface area contributed by atoms with Gasteiger partial charge in [-0.2, -0.15) is 0 Å². The second-order valence-electron chi connectivity index (χ2n) is 5.64. The van der Waals surface area contributed by atoms with Gasteiger partial charge in [0.1, 0.15) is 17.1 Å². The van der Waals surface area contributed by atoms with Crippen molar-refractivity contribution in [2.24, 2.45) is 0 Å². The van der Waals surface area contributed by atoms with E-state index in [0.717, 1.165) is 10.9 Å². The van der Waals surface area contributed by atoms with Crippen molar-refractivity contribution in [3.8, 4) is 5.75 Å². The summed E-state index contributed by atoms with van der Waals surface area (Å²) >= 11 is 0. The average molecular weight is 341 g/mol. The fraction of sp³-hybridized carbons (Fsp3) is 0.158. The Bertz CT molecular complexity index is 996. The maximum atomic E-state index is 13.6. The third kappa shape index (κ3) is 3.68. The van der Waals surface area contributed by atoms with Crippen molar-refractivity contribution < 1.29 is 18.3 Å². The van der Waals surface area contributed by atoms with Crippen molar-refractivity contribution in [3.63, 3.8) is 0 Å². The molecule has 0 unspecified atom stereocenters. The Kier molecular flexibility index (Phi) is 4.52. The van der Waals surface area contributed by atoms with Crippen LogP contribution in [0.2, 0.25) is 0 Å². The van der Waals surface area contributed by atoms with Crippen molar-refractivity contribution in [2.75, 3.05) is 5.32 Å². The number of carbonyl (C=O) groups excluding carboxylic acids is 1. The molecule has 5 nitrogen and oxygen atoms in total. The molecule has 128 valence electrons. The molecular formula is C19H16FNO4. The van der Waals surface area contributed by atoms with Gasteiger partial charge in [-0.1, -0.05) is 12.1 Å². The molecule has 0 spiro atoms. The standard InChI is InChI=1S/C19H16FNO4/c1-11-9-18(22)25-17-10-13(7-8-14(11)17)24-12(2)19(23)21-16-6-4-3-5-15(16)20/h3-10,12H,1-2H3,(H,21,23)/t12-/m1/s1. The molecule has 0 radical (unpaired) electrons. The van der Waals surface area contributed by atoms with Crippen molar-refractivity contribution in [1.29, 1.82) is 0 Å². The molecule has 1 N–H and O–H groups in total. The van der Waals surface area contributed by atoms with Gasteiger partial charge in [0, 0.05) is 17.5 Å². The first-order valence-electron chi connectivity index (χ1n) is 7.70. The van der Waals surface area contributed by atoms with Crippen LogP contribution < -0.4 is 15.7 Å². The lowest BCUT2D eigenvalue weighted by Crippen LogP contribution is -2.30. The molecule has 0 saturated heterocycles. The number of halogens is 1. The van der Waals surface area contributed by atoms with Gasteiger partial charge >= 0.3 is 5.63 Å². The summed E-state index contributed by atoms with van der Waals surface area (Å²) in [6.07, 6.45) is -0.867. The van der Waals surface area contributed by atoms with Crippen molar-refractivity contribution in [1.82, 2.24) is 0 Å². The third-order valence-corrected chi connectivity index (χ3v) is 3.74. The minimum atomic E-state index is -0.867. The summed E-state index contributed by atoms with van der Waals surface area (Å²) in [6.45, 7) is 3.36. The number of ether oxygens (including phenoxy) is 1. The quantitative estimate of drug-likeness (QED) is 0.736. The molecule has 0 saturated carbocycles. The van der Waals surface area contributed by atoms with Gasteiger partial charge in [0.2, 0.25) is 0 Å². The van der Waals surface area contributed by atoms with Crippen LogP contribution in [0.1, 0.15) is 12.5 Å². The Morgan fingerprint density at radius 1 is 1.20 bits per heavy atom. The van der Waals surface area contributed by atoms with Gasteiger partial charge in [-0.3, -0.25) is 4.79 Å². The third-order valence-electron chi connectivity index (χ3n) is 3.74. The van der Waals surface area contributed by atoms with E-state index in [0.29, 0.717) is 11.3 Å². The first-order chi connectivity index (χ1) is 11.9. The number of aryl methyl sites for hydroxylation is 1. The van der Waals surface area contributed by atoms with Crippen LogP contribution >= 0.6 is 0 Å². The van der Waals surface area contributed by atoms with E-state index in [4.69, 9.17) is 9.15 Å². The minimum Gasteiger partial charge on any atom is -0.481 e. The van der Waals surface area contributed by atoms with E-state index in [-0.39, 0.29) is 5.69 Å². The largest absolute Gasteiger partial charge is 0.481 e. The Labute approximate surface area is 143 Å². The molecular weight excluding hydrogens is 325 g/mol. The highest BCUT2D eigenvalue weighted by Crippen LogP contribution is 2.23. The number of anilines is 1. The van der Waals surface area contributed by atoms with Crippen molar-refractivity contribution >= 4 is 22.6 Å². The van der Waals surface area contributed by atoms with Crippen LogP contribution in [0.15, 0.2) is 57.7 Å². The lowest BCUT2D eigenvalue weighted by molar-refractivity contribution is -0.122. The number of carbonyl (C=O) groups is 1. The predicted molar refractivity (Wildman–Crippen MR) is 92.3 cm³/mol. The molecule has 1 amide bonds. The van der Waals surface area contributed by atoms with Crippen LogP contribution in [0.3, 0.4) is 0 Å². The van der Waals surface area contributed by atoms with E-state index in [9.17, 15) is 14.0 Å². The Balaban J connectivity index is 1.77. The maximum absolute atomic E-state index is 13.6. The van der Waals surface area contributed by atoms with Crippen LogP contribution in [0, 0.1) is 12.7 Å². The highest BCUT2D eigenvalue weighted by atomic mass is 19.1. The van der Waals surface area contributed by atoms with Crippen LogP contribution in [0.5, 0.6) is 5.75 Å². The highest BCUT2D eigenvalue weighted by Gasteiger charge is 2.17. The van der Waals surface area contributed by atoms with Gasteiger partial charge in [0.15, 0.2) is 6.10 Å². The smallest absolute Gasteiger partial charge is 0.336 e. The molecule has 1 aromatic heterocycles. The van der Waals surface area contributed by atoms with Gasteiger partial charge in [0.25, 0.3) is 5.91 Å². The number of nitrogens with one attached hydrogen (secondary N) is 1. The Morgan fingerprint density at radius 2 is 1.96 bits per heavy atom. The lowest BCUT2D eigenvalue weighted by atomic mass is 10.1. The summed E-state index contributed by atoms with van der Waals surface area (Å²) in [4.78, 5) is 23.6.